The van der Waals surface area contributed by atoms with E-state index in [1.54, 1.807) is 12.1 Å². The van der Waals surface area contributed by atoms with Gasteiger partial charge in [0.1, 0.15) is 11.6 Å². The first kappa shape index (κ1) is 13.6. The van der Waals surface area contributed by atoms with Gasteiger partial charge in [0.05, 0.1) is 11.8 Å². The minimum atomic E-state index is -4.39. The molecule has 2 rings (SSSR count). The van der Waals surface area contributed by atoms with Crippen LogP contribution in [0.1, 0.15) is 11.3 Å². The number of hydrogen-bond acceptors (Lipinski definition) is 4. The van der Waals surface area contributed by atoms with E-state index in [4.69, 9.17) is 4.42 Å². The quantitative estimate of drug-likeness (QED) is 0.684. The van der Waals surface area contributed by atoms with E-state index in [2.05, 4.69) is 31.4 Å². The number of hydrazone groups is 1. The predicted octanol–water partition coefficient (Wildman–Crippen LogP) is 3.90. The molecule has 0 amide bonds. The van der Waals surface area contributed by atoms with Gasteiger partial charge in [-0.15, -0.1) is 0 Å². The van der Waals surface area contributed by atoms with E-state index >= 15 is 0 Å². The van der Waals surface area contributed by atoms with Crippen molar-refractivity contribution in [2.45, 2.75) is 6.18 Å². The average Bonchev–Trinajstić information content (AvgIpc) is 2.75. The molecule has 0 radical (unpaired) electrons. The van der Waals surface area contributed by atoms with Gasteiger partial charge in [-0.05, 0) is 40.2 Å². The van der Waals surface area contributed by atoms with Crippen molar-refractivity contribution in [1.29, 1.82) is 0 Å². The van der Waals surface area contributed by atoms with Crippen LogP contribution in [0.3, 0.4) is 0 Å². The van der Waals surface area contributed by atoms with Gasteiger partial charge in [-0.2, -0.15) is 18.3 Å². The fourth-order valence-corrected chi connectivity index (χ4v) is 1.51. The summed E-state index contributed by atoms with van der Waals surface area (Å²) in [6, 6.07) is 5.49. The summed E-state index contributed by atoms with van der Waals surface area (Å²) >= 11 is 3.13. The van der Waals surface area contributed by atoms with Crippen LogP contribution in [0, 0.1) is 0 Å². The molecule has 0 fully saturated rings. The molecule has 0 spiro atoms. The molecule has 0 bridgehead atoms. The highest BCUT2D eigenvalue weighted by atomic mass is 79.9. The second kappa shape index (κ2) is 5.43. The fourth-order valence-electron chi connectivity index (χ4n) is 1.19. The molecule has 0 aliphatic carbocycles. The van der Waals surface area contributed by atoms with E-state index in [0.717, 1.165) is 12.3 Å². The van der Waals surface area contributed by atoms with E-state index in [9.17, 15) is 13.2 Å². The second-order valence-electron chi connectivity index (χ2n) is 3.44. The molecule has 0 aliphatic rings. The van der Waals surface area contributed by atoms with Crippen LogP contribution in [-0.2, 0) is 6.18 Å². The lowest BCUT2D eigenvalue weighted by Crippen LogP contribution is -2.05. The molecule has 0 unspecified atom stereocenters. The van der Waals surface area contributed by atoms with Crippen LogP contribution in [-0.4, -0.2) is 11.2 Å². The van der Waals surface area contributed by atoms with Gasteiger partial charge in [0.25, 0.3) is 0 Å². The monoisotopic (exact) mass is 333 g/mol. The normalized spacial score (nSPS) is 12.0. The fraction of sp³-hybridized carbons (Fsp3) is 0.0909. The summed E-state index contributed by atoms with van der Waals surface area (Å²) < 4.78 is 42.6. The van der Waals surface area contributed by atoms with E-state index in [1.807, 2.05) is 0 Å². The largest absolute Gasteiger partial charge is 0.448 e. The number of alkyl halides is 3. The number of hydrogen-bond donors (Lipinski definition) is 1. The smallest absolute Gasteiger partial charge is 0.417 e. The average molecular weight is 334 g/mol. The van der Waals surface area contributed by atoms with Crippen molar-refractivity contribution in [3.63, 3.8) is 0 Å². The zero-order valence-electron chi connectivity index (χ0n) is 9.28. The molecule has 2 heterocycles. The lowest BCUT2D eigenvalue weighted by Gasteiger charge is -2.06. The molecular weight excluding hydrogens is 327 g/mol. The summed E-state index contributed by atoms with van der Waals surface area (Å²) in [5.41, 5.74) is 1.69. The van der Waals surface area contributed by atoms with Gasteiger partial charge in [-0.1, -0.05) is 0 Å². The SMILES string of the molecule is FC(F)(F)c1ccc(N/N=C\c2ccc(Br)o2)nc1. The molecule has 0 saturated heterocycles. The first-order valence-electron chi connectivity index (χ1n) is 5.03. The molecule has 2 aromatic heterocycles. The van der Waals surface area contributed by atoms with Crippen molar-refractivity contribution in [2.24, 2.45) is 5.10 Å². The molecular formula is C11H7BrF3N3O. The maximum Gasteiger partial charge on any atom is 0.417 e. The van der Waals surface area contributed by atoms with E-state index < -0.39 is 11.7 Å². The number of furan rings is 1. The first-order chi connectivity index (χ1) is 8.95. The standard InChI is InChI=1S/C11H7BrF3N3O/c12-9-3-2-8(19-9)6-17-18-10-4-1-7(5-16-10)11(13,14)15/h1-6H,(H,16,18)/b17-6-. The topological polar surface area (TPSA) is 50.4 Å². The van der Waals surface area contributed by atoms with Gasteiger partial charge >= 0.3 is 6.18 Å². The molecule has 19 heavy (non-hydrogen) atoms. The van der Waals surface area contributed by atoms with Crippen LogP contribution in [0.5, 0.6) is 0 Å². The molecule has 4 nitrogen and oxygen atoms in total. The van der Waals surface area contributed by atoms with Crippen molar-refractivity contribution in [3.05, 3.63) is 46.5 Å². The predicted molar refractivity (Wildman–Crippen MR) is 66.9 cm³/mol. The number of rotatable bonds is 3. The van der Waals surface area contributed by atoms with Crippen LogP contribution >= 0.6 is 15.9 Å². The van der Waals surface area contributed by atoms with Gasteiger partial charge < -0.3 is 4.42 Å². The first-order valence-corrected chi connectivity index (χ1v) is 5.82. The zero-order chi connectivity index (χ0) is 13.9. The van der Waals surface area contributed by atoms with Gasteiger partial charge in [0.15, 0.2) is 4.67 Å². The van der Waals surface area contributed by atoms with Gasteiger partial charge in [-0.3, -0.25) is 5.43 Å². The van der Waals surface area contributed by atoms with Gasteiger partial charge in [-0.25, -0.2) is 4.98 Å². The summed E-state index contributed by atoms with van der Waals surface area (Å²) in [4.78, 5) is 3.60. The Labute approximate surface area is 114 Å². The van der Waals surface area contributed by atoms with E-state index in [-0.39, 0.29) is 5.82 Å². The number of nitrogens with one attached hydrogen (secondary N) is 1. The van der Waals surface area contributed by atoms with Crippen LogP contribution in [0.4, 0.5) is 19.0 Å². The molecule has 0 saturated carbocycles. The Hall–Kier alpha value is -1.83. The van der Waals surface area contributed by atoms with Crippen molar-refractivity contribution in [3.8, 4) is 0 Å². The maximum absolute atomic E-state index is 12.3. The molecule has 100 valence electrons. The zero-order valence-corrected chi connectivity index (χ0v) is 10.9. The minimum Gasteiger partial charge on any atom is -0.448 e. The molecule has 2 aromatic rings. The molecule has 0 aliphatic heterocycles. The number of anilines is 1. The van der Waals surface area contributed by atoms with E-state index in [1.165, 1.54) is 12.3 Å². The highest BCUT2D eigenvalue weighted by Crippen LogP contribution is 2.28. The molecule has 8 heteroatoms. The van der Waals surface area contributed by atoms with E-state index in [0.29, 0.717) is 10.4 Å². The maximum atomic E-state index is 12.3. The second-order valence-corrected chi connectivity index (χ2v) is 4.22. The lowest BCUT2D eigenvalue weighted by atomic mass is 10.3. The third-order valence-electron chi connectivity index (χ3n) is 2.06. The Balaban J connectivity index is 1.98. The Morgan fingerprint density at radius 3 is 2.58 bits per heavy atom. The Kier molecular flexibility index (Phi) is 3.89. The summed E-state index contributed by atoms with van der Waals surface area (Å²) in [7, 11) is 0. The van der Waals surface area contributed by atoms with Crippen molar-refractivity contribution in [2.75, 3.05) is 5.43 Å². The number of pyridine rings is 1. The number of aromatic nitrogens is 1. The summed E-state index contributed by atoms with van der Waals surface area (Å²) in [6.07, 6.45) is -2.28. The Bertz CT molecular complexity index is 578. The third kappa shape index (κ3) is 3.82. The van der Waals surface area contributed by atoms with Gasteiger partial charge in [0, 0.05) is 6.20 Å². The summed E-state index contributed by atoms with van der Waals surface area (Å²) in [6.45, 7) is 0. The highest BCUT2D eigenvalue weighted by molar-refractivity contribution is 9.10. The Morgan fingerprint density at radius 2 is 2.05 bits per heavy atom. The van der Waals surface area contributed by atoms with Crippen LogP contribution in [0.2, 0.25) is 0 Å². The van der Waals surface area contributed by atoms with Crippen LogP contribution in [0.25, 0.3) is 0 Å². The van der Waals surface area contributed by atoms with Gasteiger partial charge in [0.2, 0.25) is 0 Å². The summed E-state index contributed by atoms with van der Waals surface area (Å²) in [5.74, 6) is 0.696. The molecule has 1 N–H and O–H groups in total. The summed E-state index contributed by atoms with van der Waals surface area (Å²) in [5, 5.41) is 3.78. The molecule has 0 atom stereocenters. The third-order valence-corrected chi connectivity index (χ3v) is 2.48. The number of halogens is 4. The Morgan fingerprint density at radius 1 is 1.26 bits per heavy atom. The van der Waals surface area contributed by atoms with Crippen molar-refractivity contribution < 1.29 is 17.6 Å². The highest BCUT2D eigenvalue weighted by Gasteiger charge is 2.30. The van der Waals surface area contributed by atoms with Crippen molar-refractivity contribution >= 4 is 28.0 Å². The van der Waals surface area contributed by atoms with Crippen molar-refractivity contribution in [1.82, 2.24) is 4.98 Å². The van der Waals surface area contributed by atoms with Crippen LogP contribution in [0.15, 0.2) is 44.7 Å². The van der Waals surface area contributed by atoms with Crippen LogP contribution < -0.4 is 5.43 Å². The lowest BCUT2D eigenvalue weighted by molar-refractivity contribution is -0.137. The molecule has 0 aromatic carbocycles. The minimum absolute atomic E-state index is 0.204. The number of nitrogens with zero attached hydrogens (tertiary/aromatic N) is 2.